The molecule has 0 amide bonds. The predicted octanol–water partition coefficient (Wildman–Crippen LogP) is 5.79. The fourth-order valence-corrected chi connectivity index (χ4v) is 3.00. The molecule has 0 aliphatic rings. The van der Waals surface area contributed by atoms with Crippen molar-refractivity contribution in [3.8, 4) is 0 Å². The van der Waals surface area contributed by atoms with Crippen LogP contribution in [0.4, 0.5) is 0 Å². The highest BCUT2D eigenvalue weighted by Gasteiger charge is 2.18. The quantitative estimate of drug-likeness (QED) is 0.337. The first-order chi connectivity index (χ1) is 10.2. The molecule has 1 atom stereocenters. The van der Waals surface area contributed by atoms with Crippen molar-refractivity contribution in [1.29, 1.82) is 0 Å². The van der Waals surface area contributed by atoms with Gasteiger partial charge in [0, 0.05) is 5.56 Å². The van der Waals surface area contributed by atoms with Crippen LogP contribution < -0.4 is 0 Å². The third-order valence-corrected chi connectivity index (χ3v) is 4.72. The number of rotatable bonds is 12. The van der Waals surface area contributed by atoms with Gasteiger partial charge in [0.15, 0.2) is 0 Å². The van der Waals surface area contributed by atoms with Crippen molar-refractivity contribution in [3.63, 3.8) is 0 Å². The molecular formula is C20H36N+. The number of benzene rings is 1. The van der Waals surface area contributed by atoms with Gasteiger partial charge in [0.25, 0.3) is 0 Å². The molecule has 0 N–H and O–H groups in total. The van der Waals surface area contributed by atoms with Gasteiger partial charge in [0.05, 0.1) is 20.1 Å². The van der Waals surface area contributed by atoms with E-state index in [2.05, 4.69) is 51.2 Å². The zero-order valence-corrected chi connectivity index (χ0v) is 14.6. The Bertz CT molecular complexity index is 346. The Labute approximate surface area is 133 Å². The van der Waals surface area contributed by atoms with Gasteiger partial charge in [-0.15, -0.1) is 0 Å². The summed E-state index contributed by atoms with van der Waals surface area (Å²) in [7, 11) is 2.41. The molecule has 0 spiro atoms. The van der Waals surface area contributed by atoms with Crippen LogP contribution in [-0.4, -0.2) is 24.6 Å². The first-order valence-electron chi connectivity index (χ1n) is 9.07. The van der Waals surface area contributed by atoms with E-state index in [1.54, 1.807) is 0 Å². The van der Waals surface area contributed by atoms with E-state index in [0.29, 0.717) is 0 Å². The van der Waals surface area contributed by atoms with Crippen molar-refractivity contribution < 1.29 is 4.48 Å². The molecule has 1 heteroatoms. The van der Waals surface area contributed by atoms with E-state index in [1.807, 2.05) is 0 Å². The van der Waals surface area contributed by atoms with E-state index in [4.69, 9.17) is 0 Å². The molecule has 0 radical (unpaired) electrons. The van der Waals surface area contributed by atoms with Gasteiger partial charge in [-0.1, -0.05) is 75.8 Å². The first-order valence-corrected chi connectivity index (χ1v) is 9.07. The lowest BCUT2D eigenvalue weighted by Crippen LogP contribution is -2.43. The summed E-state index contributed by atoms with van der Waals surface area (Å²) in [6.45, 7) is 8.34. The van der Waals surface area contributed by atoms with Gasteiger partial charge in [0.2, 0.25) is 0 Å². The summed E-state index contributed by atoms with van der Waals surface area (Å²) in [6, 6.07) is 11.0. The molecule has 1 aromatic carbocycles. The number of hydrogen-bond acceptors (Lipinski definition) is 0. The summed E-state index contributed by atoms with van der Waals surface area (Å²) in [5, 5.41) is 0. The molecule has 0 heterocycles. The van der Waals surface area contributed by atoms with Crippen molar-refractivity contribution in [3.05, 3.63) is 35.9 Å². The maximum atomic E-state index is 2.41. The maximum absolute atomic E-state index is 2.41. The Hall–Kier alpha value is -0.820. The molecule has 0 fully saturated rings. The van der Waals surface area contributed by atoms with Crippen molar-refractivity contribution in [2.45, 2.75) is 71.8 Å². The van der Waals surface area contributed by atoms with Gasteiger partial charge in [0.1, 0.15) is 6.54 Å². The Morgan fingerprint density at radius 3 is 1.90 bits per heavy atom. The molecule has 0 aliphatic heterocycles. The number of quaternary nitrogens is 1. The average Bonchev–Trinajstić information content (AvgIpc) is 2.51. The molecule has 0 aliphatic carbocycles. The largest absolute Gasteiger partial charge is 0.323 e. The van der Waals surface area contributed by atoms with Gasteiger partial charge in [-0.25, -0.2) is 0 Å². The van der Waals surface area contributed by atoms with Gasteiger partial charge >= 0.3 is 0 Å². The molecular weight excluding hydrogens is 254 g/mol. The summed E-state index contributed by atoms with van der Waals surface area (Å²) in [5.74, 6) is 0. The molecule has 0 saturated heterocycles. The Kier molecular flexibility index (Phi) is 9.41. The van der Waals surface area contributed by atoms with E-state index in [-0.39, 0.29) is 0 Å². The highest BCUT2D eigenvalue weighted by Crippen LogP contribution is 2.15. The van der Waals surface area contributed by atoms with Crippen molar-refractivity contribution in [2.24, 2.45) is 0 Å². The summed E-state index contributed by atoms with van der Waals surface area (Å²) >= 11 is 0. The van der Waals surface area contributed by atoms with Crippen LogP contribution in [0.15, 0.2) is 30.3 Å². The van der Waals surface area contributed by atoms with Gasteiger partial charge in [-0.05, 0) is 19.8 Å². The van der Waals surface area contributed by atoms with Crippen LogP contribution in [-0.2, 0) is 6.54 Å². The molecule has 1 nitrogen and oxygen atoms in total. The number of nitrogens with zero attached hydrogens (tertiary/aromatic N) is 1. The second-order valence-corrected chi connectivity index (χ2v) is 6.78. The average molecular weight is 291 g/mol. The molecule has 1 aromatic rings. The van der Waals surface area contributed by atoms with Gasteiger partial charge in [-0.3, -0.25) is 0 Å². The summed E-state index contributed by atoms with van der Waals surface area (Å²) < 4.78 is 1.18. The van der Waals surface area contributed by atoms with E-state index in [9.17, 15) is 0 Å². The van der Waals surface area contributed by atoms with Crippen LogP contribution in [0.2, 0.25) is 0 Å². The van der Waals surface area contributed by atoms with Gasteiger partial charge < -0.3 is 4.48 Å². The van der Waals surface area contributed by atoms with Gasteiger partial charge in [-0.2, -0.15) is 0 Å². The standard InChI is InChI=1S/C20H36N/c1-4-6-7-8-9-10-11-15-18-21(3,5-2)19-20-16-13-12-14-17-20/h12-14,16-17H,4-11,15,18-19H2,1-3H3/q+1. The van der Waals surface area contributed by atoms with E-state index in [0.717, 1.165) is 0 Å². The third-order valence-electron chi connectivity index (χ3n) is 4.72. The molecule has 120 valence electrons. The first kappa shape index (κ1) is 18.2. The molecule has 0 saturated carbocycles. The lowest BCUT2D eigenvalue weighted by molar-refractivity contribution is -0.921. The monoisotopic (exact) mass is 290 g/mol. The van der Waals surface area contributed by atoms with E-state index >= 15 is 0 Å². The van der Waals surface area contributed by atoms with Crippen LogP contribution in [0.25, 0.3) is 0 Å². The van der Waals surface area contributed by atoms with Crippen LogP contribution >= 0.6 is 0 Å². The Balaban J connectivity index is 2.18. The zero-order chi connectivity index (χ0) is 15.4. The Morgan fingerprint density at radius 2 is 1.33 bits per heavy atom. The zero-order valence-electron chi connectivity index (χ0n) is 14.6. The van der Waals surface area contributed by atoms with Crippen LogP contribution in [0.1, 0.15) is 70.8 Å². The summed E-state index contributed by atoms with van der Waals surface area (Å²) in [4.78, 5) is 0. The van der Waals surface area contributed by atoms with Crippen LogP contribution in [0.3, 0.4) is 0 Å². The van der Waals surface area contributed by atoms with Crippen LogP contribution in [0.5, 0.6) is 0 Å². The maximum Gasteiger partial charge on any atom is 0.104 e. The topological polar surface area (TPSA) is 0 Å². The molecule has 0 bridgehead atoms. The predicted molar refractivity (Wildman–Crippen MR) is 94.3 cm³/mol. The minimum absolute atomic E-state index is 1.17. The summed E-state index contributed by atoms with van der Waals surface area (Å²) in [5.41, 5.74) is 1.47. The van der Waals surface area contributed by atoms with Crippen molar-refractivity contribution in [1.82, 2.24) is 0 Å². The summed E-state index contributed by atoms with van der Waals surface area (Å²) in [6.07, 6.45) is 11.3. The third kappa shape index (κ3) is 8.26. The highest BCUT2D eigenvalue weighted by molar-refractivity contribution is 5.13. The second kappa shape index (κ2) is 10.8. The van der Waals surface area contributed by atoms with Crippen molar-refractivity contribution >= 4 is 0 Å². The smallest absolute Gasteiger partial charge is 0.104 e. The SMILES string of the molecule is CCCCCCCCCC[N+](C)(CC)Cc1ccccc1. The molecule has 1 rings (SSSR count). The minimum Gasteiger partial charge on any atom is -0.323 e. The molecule has 1 unspecified atom stereocenters. The lowest BCUT2D eigenvalue weighted by Gasteiger charge is -2.33. The minimum atomic E-state index is 1.17. The second-order valence-electron chi connectivity index (χ2n) is 6.78. The fourth-order valence-electron chi connectivity index (χ4n) is 3.00. The van der Waals surface area contributed by atoms with E-state index in [1.165, 1.54) is 81.0 Å². The Morgan fingerprint density at radius 1 is 0.762 bits per heavy atom. The lowest BCUT2D eigenvalue weighted by atomic mass is 10.1. The number of hydrogen-bond donors (Lipinski definition) is 0. The molecule has 0 aromatic heterocycles. The molecule has 21 heavy (non-hydrogen) atoms. The van der Waals surface area contributed by atoms with E-state index < -0.39 is 0 Å². The fraction of sp³-hybridized carbons (Fsp3) is 0.700. The number of unbranched alkanes of at least 4 members (excludes halogenated alkanes) is 7. The van der Waals surface area contributed by atoms with Crippen LogP contribution in [0, 0.1) is 0 Å². The van der Waals surface area contributed by atoms with Crippen molar-refractivity contribution in [2.75, 3.05) is 20.1 Å². The highest BCUT2D eigenvalue weighted by atomic mass is 15.3. The normalized spacial score (nSPS) is 14.0.